The molecule has 0 aromatic carbocycles. The Hall–Kier alpha value is -0.720. The molecule has 2 rings (SSSR count). The summed E-state index contributed by atoms with van der Waals surface area (Å²) >= 11 is 4.86. The smallest absolute Gasteiger partial charge is 0.183 e. The number of aromatic nitrogens is 2. The molecule has 2 heterocycles. The summed E-state index contributed by atoms with van der Waals surface area (Å²) in [4.78, 5) is 0. The molecule has 4 nitrogen and oxygen atoms in total. The molecule has 0 aliphatic heterocycles. The van der Waals surface area contributed by atoms with Crippen LogP contribution in [0.15, 0.2) is 21.2 Å². The molecule has 0 unspecified atom stereocenters. The lowest BCUT2D eigenvalue weighted by atomic mass is 10.4. The van der Waals surface area contributed by atoms with Gasteiger partial charge in [-0.15, -0.1) is 10.2 Å². The molecule has 0 aliphatic rings. The molecule has 1 N–H and O–H groups in total. The number of halogens is 1. The lowest BCUT2D eigenvalue weighted by Crippen LogP contribution is -2.17. The predicted octanol–water partition coefficient (Wildman–Crippen LogP) is 3.10. The first-order valence-corrected chi connectivity index (χ1v) is 7.19. The van der Waals surface area contributed by atoms with Gasteiger partial charge in [0.25, 0.3) is 0 Å². The summed E-state index contributed by atoms with van der Waals surface area (Å²) in [6.45, 7) is 4.16. The third kappa shape index (κ3) is 3.62. The van der Waals surface area contributed by atoms with E-state index in [0.29, 0.717) is 4.67 Å². The van der Waals surface area contributed by atoms with Gasteiger partial charge in [-0.25, -0.2) is 0 Å². The molecule has 0 aliphatic carbocycles. The van der Waals surface area contributed by atoms with E-state index in [1.807, 2.05) is 12.1 Å². The van der Waals surface area contributed by atoms with Crippen molar-refractivity contribution < 1.29 is 4.42 Å². The van der Waals surface area contributed by atoms with Crippen molar-refractivity contribution in [1.82, 2.24) is 15.5 Å². The zero-order valence-electron chi connectivity index (χ0n) is 9.57. The molecule has 0 saturated carbocycles. The van der Waals surface area contributed by atoms with E-state index in [4.69, 9.17) is 4.42 Å². The molecular formula is C11H14BrN3OS. The maximum atomic E-state index is 5.43. The number of nitrogens with one attached hydrogen (secondary N) is 1. The molecular weight excluding hydrogens is 302 g/mol. The zero-order valence-corrected chi connectivity index (χ0v) is 12.0. The SMILES string of the molecule is CCCNCCc1nnc(-c2ccc(Br)o2)s1. The largest absolute Gasteiger partial charge is 0.447 e. The maximum Gasteiger partial charge on any atom is 0.183 e. The van der Waals surface area contributed by atoms with Crippen LogP contribution in [0.3, 0.4) is 0 Å². The highest BCUT2D eigenvalue weighted by Crippen LogP contribution is 2.27. The van der Waals surface area contributed by atoms with Crippen LogP contribution in [0.2, 0.25) is 0 Å². The lowest BCUT2D eigenvalue weighted by Gasteiger charge is -1.98. The summed E-state index contributed by atoms with van der Waals surface area (Å²) in [7, 11) is 0. The molecule has 0 fully saturated rings. The monoisotopic (exact) mass is 315 g/mol. The summed E-state index contributed by atoms with van der Waals surface area (Å²) in [5.41, 5.74) is 0. The van der Waals surface area contributed by atoms with E-state index in [1.165, 1.54) is 0 Å². The van der Waals surface area contributed by atoms with Gasteiger partial charge < -0.3 is 9.73 Å². The highest BCUT2D eigenvalue weighted by molar-refractivity contribution is 9.10. The third-order valence-electron chi connectivity index (χ3n) is 2.19. The van der Waals surface area contributed by atoms with Crippen LogP contribution in [0.25, 0.3) is 10.8 Å². The fourth-order valence-corrected chi connectivity index (χ4v) is 2.49. The van der Waals surface area contributed by atoms with Gasteiger partial charge >= 0.3 is 0 Å². The van der Waals surface area contributed by atoms with Gasteiger partial charge in [-0.3, -0.25) is 0 Å². The third-order valence-corrected chi connectivity index (χ3v) is 3.62. The van der Waals surface area contributed by atoms with Crippen molar-refractivity contribution in [2.24, 2.45) is 0 Å². The maximum absolute atomic E-state index is 5.43. The highest BCUT2D eigenvalue weighted by atomic mass is 79.9. The Kier molecular flexibility index (Phi) is 4.70. The van der Waals surface area contributed by atoms with Crippen LogP contribution in [0.5, 0.6) is 0 Å². The number of furan rings is 1. The van der Waals surface area contributed by atoms with Crippen LogP contribution in [0.4, 0.5) is 0 Å². The first-order chi connectivity index (χ1) is 8.29. The average molecular weight is 316 g/mol. The molecule has 92 valence electrons. The molecule has 2 aromatic rings. The predicted molar refractivity (Wildman–Crippen MR) is 72.2 cm³/mol. The van der Waals surface area contributed by atoms with Crippen molar-refractivity contribution in [3.8, 4) is 10.8 Å². The summed E-state index contributed by atoms with van der Waals surface area (Å²) in [5.74, 6) is 0.766. The average Bonchev–Trinajstić information content (AvgIpc) is 2.93. The summed E-state index contributed by atoms with van der Waals surface area (Å²) in [6.07, 6.45) is 2.07. The van der Waals surface area contributed by atoms with Gasteiger partial charge in [-0.2, -0.15) is 0 Å². The normalized spacial score (nSPS) is 10.9. The lowest BCUT2D eigenvalue weighted by molar-refractivity contribution is 0.554. The molecule has 2 aromatic heterocycles. The number of hydrogen-bond acceptors (Lipinski definition) is 5. The van der Waals surface area contributed by atoms with E-state index in [-0.39, 0.29) is 0 Å². The molecule has 17 heavy (non-hydrogen) atoms. The molecule has 0 saturated heterocycles. The highest BCUT2D eigenvalue weighted by Gasteiger charge is 2.09. The van der Waals surface area contributed by atoms with Crippen molar-refractivity contribution >= 4 is 27.3 Å². The van der Waals surface area contributed by atoms with E-state index in [0.717, 1.165) is 41.7 Å². The van der Waals surface area contributed by atoms with Gasteiger partial charge in [0.15, 0.2) is 15.4 Å². The minimum absolute atomic E-state index is 0.717. The Balaban J connectivity index is 1.92. The van der Waals surface area contributed by atoms with Gasteiger partial charge in [-0.05, 0) is 41.0 Å². The second-order valence-corrected chi connectivity index (χ2v) is 5.45. The van der Waals surface area contributed by atoms with Crippen molar-refractivity contribution in [2.75, 3.05) is 13.1 Å². The first-order valence-electron chi connectivity index (χ1n) is 5.58. The van der Waals surface area contributed by atoms with Crippen LogP contribution < -0.4 is 5.32 Å². The summed E-state index contributed by atoms with van der Waals surface area (Å²) in [5, 5.41) is 13.5. The van der Waals surface area contributed by atoms with Crippen LogP contribution in [-0.2, 0) is 6.42 Å². The van der Waals surface area contributed by atoms with Crippen LogP contribution in [-0.4, -0.2) is 23.3 Å². The standard InChI is InChI=1S/C11H14BrN3OS/c1-2-6-13-7-5-10-14-15-11(17-10)8-3-4-9(12)16-8/h3-4,13H,2,5-7H2,1H3. The van der Waals surface area contributed by atoms with Gasteiger partial charge in [0.1, 0.15) is 5.01 Å². The molecule has 0 bridgehead atoms. The summed E-state index contributed by atoms with van der Waals surface area (Å²) in [6, 6.07) is 3.75. The summed E-state index contributed by atoms with van der Waals surface area (Å²) < 4.78 is 6.15. The van der Waals surface area contributed by atoms with Crippen molar-refractivity contribution in [3.63, 3.8) is 0 Å². The van der Waals surface area contributed by atoms with E-state index < -0.39 is 0 Å². The number of hydrogen-bond donors (Lipinski definition) is 1. The molecule has 6 heteroatoms. The Morgan fingerprint density at radius 2 is 2.24 bits per heavy atom. The molecule has 0 amide bonds. The number of nitrogens with zero attached hydrogens (tertiary/aromatic N) is 2. The first kappa shape index (κ1) is 12.7. The topological polar surface area (TPSA) is 51.0 Å². The van der Waals surface area contributed by atoms with E-state index in [1.54, 1.807) is 11.3 Å². The van der Waals surface area contributed by atoms with Gasteiger partial charge in [0.05, 0.1) is 0 Å². The number of rotatable bonds is 6. The van der Waals surface area contributed by atoms with Crippen molar-refractivity contribution in [2.45, 2.75) is 19.8 Å². The quantitative estimate of drug-likeness (QED) is 0.832. The Bertz CT molecular complexity index is 469. The van der Waals surface area contributed by atoms with E-state index in [2.05, 4.69) is 38.4 Å². The fraction of sp³-hybridized carbons (Fsp3) is 0.455. The van der Waals surface area contributed by atoms with E-state index in [9.17, 15) is 0 Å². The molecule has 0 radical (unpaired) electrons. The van der Waals surface area contributed by atoms with Crippen LogP contribution in [0, 0.1) is 0 Å². The van der Waals surface area contributed by atoms with Gasteiger partial charge in [0, 0.05) is 13.0 Å². The van der Waals surface area contributed by atoms with Crippen LogP contribution in [0.1, 0.15) is 18.4 Å². The molecule has 0 atom stereocenters. The second-order valence-electron chi connectivity index (χ2n) is 3.60. The van der Waals surface area contributed by atoms with Crippen molar-refractivity contribution in [1.29, 1.82) is 0 Å². The zero-order chi connectivity index (χ0) is 12.1. The Morgan fingerprint density at radius 3 is 2.94 bits per heavy atom. The Labute approximate surface area is 113 Å². The van der Waals surface area contributed by atoms with Gasteiger partial charge in [-0.1, -0.05) is 18.3 Å². The fourth-order valence-electron chi connectivity index (χ4n) is 1.38. The minimum atomic E-state index is 0.717. The van der Waals surface area contributed by atoms with E-state index >= 15 is 0 Å². The second kappa shape index (κ2) is 6.28. The van der Waals surface area contributed by atoms with Crippen molar-refractivity contribution in [3.05, 3.63) is 21.8 Å². The van der Waals surface area contributed by atoms with Crippen LogP contribution >= 0.6 is 27.3 Å². The molecule has 0 spiro atoms. The minimum Gasteiger partial charge on any atom is -0.447 e. The van der Waals surface area contributed by atoms with Gasteiger partial charge in [0.2, 0.25) is 0 Å². The Morgan fingerprint density at radius 1 is 1.35 bits per heavy atom.